The number of aryl methyl sites for hydroxylation is 2. The fraction of sp³-hybridized carbons (Fsp3) is 0.722. The van der Waals surface area contributed by atoms with Crippen LogP contribution < -0.4 is 0 Å². The molecule has 3 heterocycles. The summed E-state index contributed by atoms with van der Waals surface area (Å²) in [7, 11) is 0. The summed E-state index contributed by atoms with van der Waals surface area (Å²) >= 11 is 0. The van der Waals surface area contributed by atoms with Gasteiger partial charge in [-0.1, -0.05) is 33.1 Å². The molecule has 0 N–H and O–H groups in total. The van der Waals surface area contributed by atoms with Crippen molar-refractivity contribution < 1.29 is 0 Å². The molecule has 4 rings (SSSR count). The van der Waals surface area contributed by atoms with Crippen LogP contribution in [0.2, 0.25) is 0 Å². The maximum Gasteiger partial charge on any atom is 0.182 e. The fourth-order valence-corrected chi connectivity index (χ4v) is 4.20. The first-order valence-electron chi connectivity index (χ1n) is 9.36. The Bertz CT molecular complexity index is 691. The zero-order chi connectivity index (χ0) is 15.8. The van der Waals surface area contributed by atoms with Crippen molar-refractivity contribution in [1.29, 1.82) is 0 Å². The van der Waals surface area contributed by atoms with Crippen LogP contribution in [0.5, 0.6) is 0 Å². The molecule has 0 atom stereocenters. The van der Waals surface area contributed by atoms with Crippen molar-refractivity contribution in [2.75, 3.05) is 0 Å². The van der Waals surface area contributed by atoms with E-state index in [1.807, 2.05) is 0 Å². The van der Waals surface area contributed by atoms with Crippen LogP contribution in [0, 0.1) is 0 Å². The minimum absolute atomic E-state index is 0.561. The molecule has 5 heteroatoms. The van der Waals surface area contributed by atoms with Crippen LogP contribution in [-0.4, -0.2) is 24.5 Å². The topological polar surface area (TPSA) is 48.5 Å². The Morgan fingerprint density at radius 1 is 1.13 bits per heavy atom. The van der Waals surface area contributed by atoms with E-state index in [0.717, 1.165) is 37.5 Å². The lowest BCUT2D eigenvalue weighted by Crippen LogP contribution is -2.17. The first-order chi connectivity index (χ1) is 11.3. The number of fused-ring (bicyclic) bond motifs is 3. The summed E-state index contributed by atoms with van der Waals surface area (Å²) in [4.78, 5) is 0. The standard InChI is InChI=1S/C18H27N5/c1-3-5-10-16-19-20-18-17-14(11-12-22(16)18)15(4-2)21-23(17)13-8-6-7-9-13/h13H,3-12H2,1-2H3. The van der Waals surface area contributed by atoms with Crippen molar-refractivity contribution in [3.8, 4) is 11.5 Å². The monoisotopic (exact) mass is 313 g/mol. The minimum atomic E-state index is 0.561. The summed E-state index contributed by atoms with van der Waals surface area (Å²) < 4.78 is 4.66. The van der Waals surface area contributed by atoms with Crippen LogP contribution >= 0.6 is 0 Å². The lowest BCUT2D eigenvalue weighted by molar-refractivity contribution is 0.464. The van der Waals surface area contributed by atoms with E-state index in [2.05, 4.69) is 33.3 Å². The Kier molecular flexibility index (Phi) is 3.95. The molecule has 0 amide bonds. The largest absolute Gasteiger partial charge is 0.309 e. The van der Waals surface area contributed by atoms with Crippen LogP contribution in [0.1, 0.15) is 75.5 Å². The molecule has 1 fully saturated rings. The average molecular weight is 313 g/mol. The number of nitrogens with zero attached hydrogens (tertiary/aromatic N) is 5. The maximum absolute atomic E-state index is 5.00. The number of unbranched alkanes of at least 4 members (excludes halogenated alkanes) is 1. The van der Waals surface area contributed by atoms with Crippen LogP contribution in [0.3, 0.4) is 0 Å². The average Bonchev–Trinajstić information content (AvgIpc) is 3.29. The summed E-state index contributed by atoms with van der Waals surface area (Å²) in [5.74, 6) is 2.22. The van der Waals surface area contributed by atoms with Crippen LogP contribution in [0.25, 0.3) is 11.5 Å². The van der Waals surface area contributed by atoms with Gasteiger partial charge >= 0.3 is 0 Å². The molecule has 0 unspecified atom stereocenters. The molecule has 23 heavy (non-hydrogen) atoms. The van der Waals surface area contributed by atoms with E-state index in [9.17, 15) is 0 Å². The summed E-state index contributed by atoms with van der Waals surface area (Å²) in [6.07, 6.45) is 10.7. The summed E-state index contributed by atoms with van der Waals surface area (Å²) in [6, 6.07) is 0.561. The maximum atomic E-state index is 5.00. The second-order valence-electron chi connectivity index (χ2n) is 6.96. The molecule has 1 saturated carbocycles. The normalized spacial score (nSPS) is 17.5. The van der Waals surface area contributed by atoms with Crippen molar-refractivity contribution in [2.24, 2.45) is 0 Å². The highest BCUT2D eigenvalue weighted by atomic mass is 15.4. The Labute approximate surface area is 138 Å². The van der Waals surface area contributed by atoms with E-state index < -0.39 is 0 Å². The molecule has 2 aliphatic rings. The Hall–Kier alpha value is -1.65. The van der Waals surface area contributed by atoms with Crippen molar-refractivity contribution >= 4 is 0 Å². The minimum Gasteiger partial charge on any atom is -0.309 e. The van der Waals surface area contributed by atoms with Crippen molar-refractivity contribution in [3.05, 3.63) is 17.1 Å². The molecule has 2 aromatic heterocycles. The van der Waals surface area contributed by atoms with Gasteiger partial charge in [0.1, 0.15) is 11.5 Å². The van der Waals surface area contributed by atoms with Crippen molar-refractivity contribution in [1.82, 2.24) is 24.5 Å². The van der Waals surface area contributed by atoms with Gasteiger partial charge in [-0.15, -0.1) is 10.2 Å². The lowest BCUT2D eigenvalue weighted by atomic mass is 10.0. The van der Waals surface area contributed by atoms with Crippen LogP contribution in [0.4, 0.5) is 0 Å². The first kappa shape index (κ1) is 14.9. The van der Waals surface area contributed by atoms with Gasteiger partial charge < -0.3 is 4.57 Å². The lowest BCUT2D eigenvalue weighted by Gasteiger charge is -2.20. The molecule has 1 aliphatic heterocycles. The van der Waals surface area contributed by atoms with Gasteiger partial charge in [0.25, 0.3) is 0 Å². The number of rotatable bonds is 5. The molecule has 0 spiro atoms. The Morgan fingerprint density at radius 3 is 2.70 bits per heavy atom. The predicted octanol–water partition coefficient (Wildman–Crippen LogP) is 3.72. The van der Waals surface area contributed by atoms with Gasteiger partial charge in [-0.25, -0.2) is 0 Å². The van der Waals surface area contributed by atoms with Crippen molar-refractivity contribution in [3.63, 3.8) is 0 Å². The van der Waals surface area contributed by atoms with Crippen LogP contribution in [0.15, 0.2) is 0 Å². The Balaban J connectivity index is 1.79. The van der Waals surface area contributed by atoms with Gasteiger partial charge in [0.05, 0.1) is 11.7 Å². The van der Waals surface area contributed by atoms with Crippen molar-refractivity contribution in [2.45, 2.75) is 84.2 Å². The third kappa shape index (κ3) is 2.41. The number of aromatic nitrogens is 5. The van der Waals surface area contributed by atoms with E-state index in [1.54, 1.807) is 0 Å². The van der Waals surface area contributed by atoms with Gasteiger partial charge in [0, 0.05) is 18.5 Å². The zero-order valence-corrected chi connectivity index (χ0v) is 14.4. The van der Waals surface area contributed by atoms with Gasteiger partial charge in [0.15, 0.2) is 5.82 Å². The molecule has 5 nitrogen and oxygen atoms in total. The molecule has 0 bridgehead atoms. The first-order valence-corrected chi connectivity index (χ1v) is 9.36. The summed E-state index contributed by atoms with van der Waals surface area (Å²) in [5.41, 5.74) is 3.98. The summed E-state index contributed by atoms with van der Waals surface area (Å²) in [6.45, 7) is 5.46. The van der Waals surface area contributed by atoms with E-state index in [4.69, 9.17) is 5.10 Å². The van der Waals surface area contributed by atoms with Gasteiger partial charge in [0.2, 0.25) is 0 Å². The highest BCUT2D eigenvalue weighted by Gasteiger charge is 2.31. The number of hydrogen-bond acceptors (Lipinski definition) is 3. The van der Waals surface area contributed by atoms with Gasteiger partial charge in [-0.3, -0.25) is 4.68 Å². The SMILES string of the molecule is CCCCc1nnc2n1CCc1c(CC)nn(C3CCCC3)c1-2. The fourth-order valence-electron chi connectivity index (χ4n) is 4.20. The molecular formula is C18H27N5. The third-order valence-corrected chi connectivity index (χ3v) is 5.48. The zero-order valence-electron chi connectivity index (χ0n) is 14.4. The quantitative estimate of drug-likeness (QED) is 0.845. The molecule has 0 radical (unpaired) electrons. The summed E-state index contributed by atoms with van der Waals surface area (Å²) in [5, 5.41) is 14.1. The Morgan fingerprint density at radius 2 is 1.96 bits per heavy atom. The van der Waals surface area contributed by atoms with E-state index in [1.165, 1.54) is 55.5 Å². The van der Waals surface area contributed by atoms with E-state index >= 15 is 0 Å². The van der Waals surface area contributed by atoms with Gasteiger partial charge in [-0.05, 0) is 32.1 Å². The van der Waals surface area contributed by atoms with E-state index in [-0.39, 0.29) is 0 Å². The second-order valence-corrected chi connectivity index (χ2v) is 6.96. The van der Waals surface area contributed by atoms with Gasteiger partial charge in [-0.2, -0.15) is 5.10 Å². The molecule has 1 aliphatic carbocycles. The highest BCUT2D eigenvalue weighted by Crippen LogP contribution is 2.38. The number of hydrogen-bond donors (Lipinski definition) is 0. The van der Waals surface area contributed by atoms with Crippen LogP contribution in [-0.2, 0) is 25.8 Å². The highest BCUT2D eigenvalue weighted by molar-refractivity contribution is 5.60. The third-order valence-electron chi connectivity index (χ3n) is 5.48. The molecule has 0 saturated heterocycles. The smallest absolute Gasteiger partial charge is 0.182 e. The molecule has 0 aromatic carbocycles. The van der Waals surface area contributed by atoms with E-state index in [0.29, 0.717) is 6.04 Å². The predicted molar refractivity (Wildman–Crippen MR) is 90.4 cm³/mol. The molecule has 124 valence electrons. The molecular weight excluding hydrogens is 286 g/mol. The molecule has 2 aromatic rings. The second kappa shape index (κ2) is 6.10.